The van der Waals surface area contributed by atoms with E-state index >= 15 is 0 Å². The van der Waals surface area contributed by atoms with Crippen molar-refractivity contribution in [3.63, 3.8) is 0 Å². The number of aryl methyl sites for hydroxylation is 2. The van der Waals surface area contributed by atoms with Crippen LogP contribution in [0.15, 0.2) is 53.4 Å². The molecule has 0 aliphatic carbocycles. The molecule has 1 fully saturated rings. The third kappa shape index (κ3) is 5.77. The maximum atomic E-state index is 12.6. The molecule has 1 aliphatic heterocycles. The van der Waals surface area contributed by atoms with Crippen molar-refractivity contribution in [3.8, 4) is 0 Å². The van der Waals surface area contributed by atoms with Crippen LogP contribution in [0.2, 0.25) is 0 Å². The van der Waals surface area contributed by atoms with Crippen LogP contribution in [0.1, 0.15) is 24.5 Å². The van der Waals surface area contributed by atoms with Crippen molar-refractivity contribution in [2.45, 2.75) is 31.6 Å². The molecule has 0 bridgehead atoms. The number of nitrogens with zero attached hydrogens (tertiary/aromatic N) is 2. The lowest BCUT2D eigenvalue weighted by molar-refractivity contribution is -0.131. The van der Waals surface area contributed by atoms with Crippen molar-refractivity contribution in [1.29, 1.82) is 0 Å². The van der Waals surface area contributed by atoms with Crippen LogP contribution in [0.4, 0.5) is 5.69 Å². The Bertz CT molecular complexity index is 1130. The molecule has 1 aliphatic rings. The Morgan fingerprint density at radius 3 is 2.30 bits per heavy atom. The Labute approximate surface area is 193 Å². The van der Waals surface area contributed by atoms with E-state index in [9.17, 15) is 22.8 Å². The molecule has 9 nitrogen and oxygen atoms in total. The van der Waals surface area contributed by atoms with Crippen LogP contribution in [-0.4, -0.2) is 50.6 Å². The number of amides is 3. The minimum absolute atomic E-state index is 0.0267. The molecular weight excluding hydrogens is 444 g/mol. The van der Waals surface area contributed by atoms with Gasteiger partial charge in [0.25, 0.3) is 5.91 Å². The lowest BCUT2D eigenvalue weighted by Gasteiger charge is -2.18. The normalized spacial score (nSPS) is 16.2. The molecule has 33 heavy (non-hydrogen) atoms. The van der Waals surface area contributed by atoms with Gasteiger partial charge in [-0.3, -0.25) is 25.2 Å². The minimum atomic E-state index is -3.85. The van der Waals surface area contributed by atoms with E-state index < -0.39 is 34.3 Å². The molecule has 2 aromatic rings. The van der Waals surface area contributed by atoms with Crippen LogP contribution in [0, 0.1) is 12.8 Å². The largest absolute Gasteiger partial charge is 0.312 e. The van der Waals surface area contributed by atoms with E-state index in [1.54, 1.807) is 17.0 Å². The number of carbonyl (C=O) groups excluding carboxylic acids is 3. The zero-order valence-corrected chi connectivity index (χ0v) is 19.7. The minimum Gasteiger partial charge on any atom is -0.312 e. The van der Waals surface area contributed by atoms with Crippen LogP contribution in [-0.2, 0) is 30.8 Å². The first-order chi connectivity index (χ1) is 15.6. The summed E-state index contributed by atoms with van der Waals surface area (Å²) in [5, 5.41) is 0. The van der Waals surface area contributed by atoms with Gasteiger partial charge < -0.3 is 4.90 Å². The van der Waals surface area contributed by atoms with Gasteiger partial charge in [-0.05, 0) is 43.2 Å². The molecule has 1 heterocycles. The number of nitrogens with one attached hydrogen (secondary N) is 2. The molecule has 0 unspecified atom stereocenters. The summed E-state index contributed by atoms with van der Waals surface area (Å²) in [6.07, 6.45) is 0.916. The third-order valence-corrected chi connectivity index (χ3v) is 7.39. The standard InChI is InChI=1S/C23H28N4O5S/c1-4-17-7-9-19(10-8-17)27-14-18(13-22(27)29)23(30)25-24-21(28)15-26(3)33(31,32)20-11-5-16(2)6-12-20/h5-12,18H,4,13-15H2,1-3H3,(H,24,28)(H,25,30)/t18-/m1/s1. The van der Waals surface area contributed by atoms with Crippen molar-refractivity contribution in [3.05, 3.63) is 59.7 Å². The summed E-state index contributed by atoms with van der Waals surface area (Å²) in [5.74, 6) is -2.00. The highest BCUT2D eigenvalue weighted by atomic mass is 32.2. The summed E-state index contributed by atoms with van der Waals surface area (Å²) in [6, 6.07) is 13.9. The smallest absolute Gasteiger partial charge is 0.253 e. The molecule has 3 amide bonds. The van der Waals surface area contributed by atoms with Crippen LogP contribution in [0.5, 0.6) is 0 Å². The van der Waals surface area contributed by atoms with Crippen LogP contribution < -0.4 is 15.8 Å². The van der Waals surface area contributed by atoms with Gasteiger partial charge in [-0.15, -0.1) is 0 Å². The molecule has 0 saturated carbocycles. The molecule has 0 spiro atoms. The molecule has 2 aromatic carbocycles. The summed E-state index contributed by atoms with van der Waals surface area (Å²) in [5.41, 5.74) is 7.32. The zero-order valence-electron chi connectivity index (χ0n) is 18.9. The SMILES string of the molecule is CCc1ccc(N2C[C@H](C(=O)NNC(=O)CN(C)S(=O)(=O)c3ccc(C)cc3)CC2=O)cc1. The second-order valence-electron chi connectivity index (χ2n) is 8.04. The first-order valence-electron chi connectivity index (χ1n) is 10.6. The summed E-state index contributed by atoms with van der Waals surface area (Å²) < 4.78 is 26.1. The predicted octanol–water partition coefficient (Wildman–Crippen LogP) is 1.38. The number of hydrazine groups is 1. The van der Waals surface area contributed by atoms with Crippen LogP contribution in [0.3, 0.4) is 0 Å². The number of sulfonamides is 1. The Morgan fingerprint density at radius 1 is 1.06 bits per heavy atom. The number of anilines is 1. The van der Waals surface area contributed by atoms with E-state index in [2.05, 4.69) is 10.9 Å². The number of hydrogen-bond acceptors (Lipinski definition) is 5. The van der Waals surface area contributed by atoms with E-state index in [1.165, 1.54) is 19.2 Å². The van der Waals surface area contributed by atoms with Gasteiger partial charge in [0.2, 0.25) is 21.8 Å². The fraction of sp³-hybridized carbons (Fsp3) is 0.348. The summed E-state index contributed by atoms with van der Waals surface area (Å²) in [6.45, 7) is 3.61. The number of benzene rings is 2. The van der Waals surface area contributed by atoms with Crippen LogP contribution >= 0.6 is 0 Å². The highest BCUT2D eigenvalue weighted by molar-refractivity contribution is 7.89. The molecule has 10 heteroatoms. The van der Waals surface area contributed by atoms with Gasteiger partial charge in [0.15, 0.2) is 0 Å². The fourth-order valence-electron chi connectivity index (χ4n) is 3.49. The number of likely N-dealkylation sites (N-methyl/N-ethyl adjacent to an activating group) is 1. The zero-order chi connectivity index (χ0) is 24.2. The molecular formula is C23H28N4O5S. The maximum Gasteiger partial charge on any atom is 0.253 e. The summed E-state index contributed by atoms with van der Waals surface area (Å²) in [4.78, 5) is 38.7. The summed E-state index contributed by atoms with van der Waals surface area (Å²) in [7, 11) is -2.56. The maximum absolute atomic E-state index is 12.6. The average Bonchev–Trinajstić information content (AvgIpc) is 3.19. The van der Waals surface area contributed by atoms with E-state index in [-0.39, 0.29) is 23.8 Å². The quantitative estimate of drug-likeness (QED) is 0.591. The second-order valence-corrected chi connectivity index (χ2v) is 10.1. The molecule has 1 atom stereocenters. The Kier molecular flexibility index (Phi) is 7.50. The topological polar surface area (TPSA) is 116 Å². The average molecular weight is 473 g/mol. The number of hydrogen-bond donors (Lipinski definition) is 2. The first kappa shape index (κ1) is 24.4. The van der Waals surface area contributed by atoms with Gasteiger partial charge in [0.1, 0.15) is 0 Å². The van der Waals surface area contributed by atoms with Gasteiger partial charge >= 0.3 is 0 Å². The first-order valence-corrected chi connectivity index (χ1v) is 12.1. The van der Waals surface area contributed by atoms with Gasteiger partial charge in [-0.25, -0.2) is 8.42 Å². The van der Waals surface area contributed by atoms with Crippen molar-refractivity contribution in [2.75, 3.05) is 25.0 Å². The van der Waals surface area contributed by atoms with Gasteiger partial charge in [0, 0.05) is 25.7 Å². The molecule has 1 saturated heterocycles. The molecule has 0 radical (unpaired) electrons. The van der Waals surface area contributed by atoms with E-state index in [0.29, 0.717) is 0 Å². The van der Waals surface area contributed by atoms with Crippen molar-refractivity contribution >= 4 is 33.4 Å². The molecule has 176 valence electrons. The molecule has 3 rings (SSSR count). The van der Waals surface area contributed by atoms with Crippen molar-refractivity contribution in [1.82, 2.24) is 15.2 Å². The number of rotatable bonds is 7. The van der Waals surface area contributed by atoms with E-state index in [4.69, 9.17) is 0 Å². The number of carbonyl (C=O) groups is 3. The van der Waals surface area contributed by atoms with Crippen molar-refractivity contribution < 1.29 is 22.8 Å². The third-order valence-electron chi connectivity index (χ3n) is 5.57. The Balaban J connectivity index is 1.52. The van der Waals surface area contributed by atoms with Gasteiger partial charge in [-0.1, -0.05) is 36.8 Å². The summed E-state index contributed by atoms with van der Waals surface area (Å²) >= 11 is 0. The van der Waals surface area contributed by atoms with E-state index in [0.717, 1.165) is 27.5 Å². The van der Waals surface area contributed by atoms with Crippen molar-refractivity contribution in [2.24, 2.45) is 5.92 Å². The van der Waals surface area contributed by atoms with Gasteiger partial charge in [-0.2, -0.15) is 4.31 Å². The van der Waals surface area contributed by atoms with Crippen LogP contribution in [0.25, 0.3) is 0 Å². The highest BCUT2D eigenvalue weighted by Gasteiger charge is 2.35. The Hall–Kier alpha value is -3.24. The van der Waals surface area contributed by atoms with E-state index in [1.807, 2.05) is 38.1 Å². The predicted molar refractivity (Wildman–Crippen MR) is 124 cm³/mol. The van der Waals surface area contributed by atoms with Gasteiger partial charge in [0.05, 0.1) is 17.4 Å². The monoisotopic (exact) mass is 472 g/mol. The highest BCUT2D eigenvalue weighted by Crippen LogP contribution is 2.25. The lowest BCUT2D eigenvalue weighted by Crippen LogP contribution is -2.48. The Morgan fingerprint density at radius 2 is 1.70 bits per heavy atom. The molecule has 0 aromatic heterocycles. The second kappa shape index (κ2) is 10.1. The lowest BCUT2D eigenvalue weighted by atomic mass is 10.1. The fourth-order valence-corrected chi connectivity index (χ4v) is 4.62. The molecule has 2 N–H and O–H groups in total.